The predicted molar refractivity (Wildman–Crippen MR) is 54.0 cm³/mol. The van der Waals surface area contributed by atoms with Crippen LogP contribution >= 0.6 is 0 Å². The number of nitrogens with two attached hydrogens (primary N) is 1. The van der Waals surface area contributed by atoms with E-state index >= 15 is 0 Å². The third-order valence-corrected chi connectivity index (χ3v) is 1.96. The van der Waals surface area contributed by atoms with Crippen molar-refractivity contribution >= 4 is 11.9 Å². The van der Waals surface area contributed by atoms with E-state index < -0.39 is 0 Å². The number of carbonyl (C=O) groups excluding carboxylic acids is 1. The lowest BCUT2D eigenvalue weighted by Crippen LogP contribution is -1.95. The molecule has 13 heavy (non-hydrogen) atoms. The standard InChI is InChI=1S/C11H13NO/c1-9(6-7-13)11-4-2-10(8-12)3-5-11/h2-7H,8,12H2,1H3/b9-6+. The number of hydrogen-bond acceptors (Lipinski definition) is 2. The molecular weight excluding hydrogens is 162 g/mol. The summed E-state index contributed by atoms with van der Waals surface area (Å²) >= 11 is 0. The molecule has 0 amide bonds. The molecule has 1 rings (SSSR count). The van der Waals surface area contributed by atoms with E-state index in [1.54, 1.807) is 6.08 Å². The van der Waals surface area contributed by atoms with Crippen LogP contribution in [0.2, 0.25) is 0 Å². The second-order valence-electron chi connectivity index (χ2n) is 2.89. The number of rotatable bonds is 3. The van der Waals surface area contributed by atoms with Gasteiger partial charge >= 0.3 is 0 Å². The Morgan fingerprint density at radius 1 is 1.38 bits per heavy atom. The van der Waals surface area contributed by atoms with Gasteiger partial charge in [-0.2, -0.15) is 0 Å². The fourth-order valence-corrected chi connectivity index (χ4v) is 1.10. The van der Waals surface area contributed by atoms with Gasteiger partial charge in [-0.3, -0.25) is 4.79 Å². The third kappa shape index (κ3) is 2.53. The Morgan fingerprint density at radius 2 is 2.00 bits per heavy atom. The molecule has 0 saturated heterocycles. The molecule has 1 aromatic carbocycles. The number of carbonyl (C=O) groups is 1. The first-order chi connectivity index (χ1) is 6.27. The van der Waals surface area contributed by atoms with Gasteiger partial charge in [0.1, 0.15) is 6.29 Å². The third-order valence-electron chi connectivity index (χ3n) is 1.96. The smallest absolute Gasteiger partial charge is 0.143 e. The molecule has 0 bridgehead atoms. The molecule has 0 saturated carbocycles. The highest BCUT2D eigenvalue weighted by molar-refractivity contribution is 5.80. The number of benzene rings is 1. The largest absolute Gasteiger partial charge is 0.326 e. The highest BCUT2D eigenvalue weighted by Gasteiger charge is 1.94. The van der Waals surface area contributed by atoms with Gasteiger partial charge in [0.15, 0.2) is 0 Å². The summed E-state index contributed by atoms with van der Waals surface area (Å²) in [4.78, 5) is 10.2. The fraction of sp³-hybridized carbons (Fsp3) is 0.182. The molecule has 0 aliphatic carbocycles. The Labute approximate surface area is 78.1 Å². The maximum Gasteiger partial charge on any atom is 0.143 e. The van der Waals surface area contributed by atoms with E-state index in [1.807, 2.05) is 31.2 Å². The van der Waals surface area contributed by atoms with Crippen molar-refractivity contribution in [2.24, 2.45) is 5.73 Å². The summed E-state index contributed by atoms with van der Waals surface area (Å²) < 4.78 is 0. The molecule has 0 radical (unpaired) electrons. The van der Waals surface area contributed by atoms with Gasteiger partial charge in [-0.05, 0) is 29.7 Å². The van der Waals surface area contributed by atoms with Crippen LogP contribution in [-0.4, -0.2) is 6.29 Å². The van der Waals surface area contributed by atoms with Crippen LogP contribution in [0.4, 0.5) is 0 Å². The highest BCUT2D eigenvalue weighted by Crippen LogP contribution is 2.13. The lowest BCUT2D eigenvalue weighted by molar-refractivity contribution is -0.104. The second-order valence-corrected chi connectivity index (χ2v) is 2.89. The van der Waals surface area contributed by atoms with E-state index in [4.69, 9.17) is 5.73 Å². The van der Waals surface area contributed by atoms with Crippen molar-refractivity contribution in [1.29, 1.82) is 0 Å². The minimum absolute atomic E-state index is 0.552. The molecule has 0 unspecified atom stereocenters. The van der Waals surface area contributed by atoms with E-state index in [1.165, 1.54) is 0 Å². The molecule has 0 spiro atoms. The van der Waals surface area contributed by atoms with Gasteiger partial charge in [0, 0.05) is 6.54 Å². The lowest BCUT2D eigenvalue weighted by atomic mass is 10.1. The predicted octanol–water partition coefficient (Wildman–Crippen LogP) is 1.75. The van der Waals surface area contributed by atoms with Crippen LogP contribution in [0.15, 0.2) is 30.3 Å². The first-order valence-corrected chi connectivity index (χ1v) is 4.19. The molecule has 2 N–H and O–H groups in total. The monoisotopic (exact) mass is 175 g/mol. The van der Waals surface area contributed by atoms with Gasteiger partial charge in [-0.1, -0.05) is 24.3 Å². The second kappa shape index (κ2) is 4.58. The van der Waals surface area contributed by atoms with E-state index in [-0.39, 0.29) is 0 Å². The summed E-state index contributed by atoms with van der Waals surface area (Å²) in [7, 11) is 0. The van der Waals surface area contributed by atoms with Gasteiger partial charge in [0.25, 0.3) is 0 Å². The zero-order valence-corrected chi connectivity index (χ0v) is 7.66. The van der Waals surface area contributed by atoms with Gasteiger partial charge in [0.2, 0.25) is 0 Å². The minimum Gasteiger partial charge on any atom is -0.326 e. The van der Waals surface area contributed by atoms with Crippen molar-refractivity contribution in [3.8, 4) is 0 Å². The van der Waals surface area contributed by atoms with Crippen LogP contribution in [-0.2, 0) is 11.3 Å². The van der Waals surface area contributed by atoms with E-state index in [0.29, 0.717) is 6.54 Å². The van der Waals surface area contributed by atoms with E-state index in [9.17, 15) is 4.79 Å². The summed E-state index contributed by atoms with van der Waals surface area (Å²) in [6.45, 7) is 2.46. The first-order valence-electron chi connectivity index (χ1n) is 4.19. The van der Waals surface area contributed by atoms with E-state index in [2.05, 4.69) is 0 Å². The lowest BCUT2D eigenvalue weighted by Gasteiger charge is -2.01. The molecule has 0 aromatic heterocycles. The Hall–Kier alpha value is -1.41. The quantitative estimate of drug-likeness (QED) is 0.561. The van der Waals surface area contributed by atoms with Gasteiger partial charge < -0.3 is 5.73 Å². The number of aldehydes is 1. The van der Waals surface area contributed by atoms with Crippen LogP contribution in [0.5, 0.6) is 0 Å². The summed E-state index contributed by atoms with van der Waals surface area (Å²) in [6, 6.07) is 7.88. The topological polar surface area (TPSA) is 43.1 Å². The van der Waals surface area contributed by atoms with Gasteiger partial charge in [-0.15, -0.1) is 0 Å². The molecule has 2 heteroatoms. The molecule has 68 valence electrons. The van der Waals surface area contributed by atoms with Crippen LogP contribution < -0.4 is 5.73 Å². The Morgan fingerprint density at radius 3 is 2.46 bits per heavy atom. The van der Waals surface area contributed by atoms with E-state index in [0.717, 1.165) is 23.0 Å². The maximum atomic E-state index is 10.2. The summed E-state index contributed by atoms with van der Waals surface area (Å²) in [5.41, 5.74) is 8.59. The average molecular weight is 175 g/mol. The molecule has 1 aromatic rings. The number of hydrogen-bond donors (Lipinski definition) is 1. The Balaban J connectivity index is 2.91. The Bertz CT molecular complexity index is 311. The molecular formula is C11H13NO. The van der Waals surface area contributed by atoms with Crippen LogP contribution in [0, 0.1) is 0 Å². The van der Waals surface area contributed by atoms with Crippen LogP contribution in [0.1, 0.15) is 18.1 Å². The van der Waals surface area contributed by atoms with Crippen molar-refractivity contribution < 1.29 is 4.79 Å². The van der Waals surface area contributed by atoms with Gasteiger partial charge in [-0.25, -0.2) is 0 Å². The normalized spacial score (nSPS) is 11.4. The molecule has 0 atom stereocenters. The SMILES string of the molecule is C/C(=C\C=O)c1ccc(CN)cc1. The van der Waals surface area contributed by atoms with Crippen molar-refractivity contribution in [2.45, 2.75) is 13.5 Å². The van der Waals surface area contributed by atoms with Gasteiger partial charge in [0.05, 0.1) is 0 Å². The molecule has 0 heterocycles. The maximum absolute atomic E-state index is 10.2. The van der Waals surface area contributed by atoms with Crippen molar-refractivity contribution in [1.82, 2.24) is 0 Å². The molecule has 0 aliphatic rings. The molecule has 2 nitrogen and oxygen atoms in total. The van der Waals surface area contributed by atoms with Crippen LogP contribution in [0.3, 0.4) is 0 Å². The van der Waals surface area contributed by atoms with Crippen LogP contribution in [0.25, 0.3) is 5.57 Å². The summed E-state index contributed by atoms with van der Waals surface area (Å²) in [5, 5.41) is 0. The summed E-state index contributed by atoms with van der Waals surface area (Å²) in [5.74, 6) is 0. The zero-order chi connectivity index (χ0) is 9.68. The molecule has 0 aliphatic heterocycles. The van der Waals surface area contributed by atoms with Crippen molar-refractivity contribution in [3.63, 3.8) is 0 Å². The number of allylic oxidation sites excluding steroid dienone is 2. The summed E-state index contributed by atoms with van der Waals surface area (Å²) in [6.07, 6.45) is 2.35. The average Bonchev–Trinajstić information content (AvgIpc) is 2.18. The zero-order valence-electron chi connectivity index (χ0n) is 7.66. The fourth-order valence-electron chi connectivity index (χ4n) is 1.10. The van der Waals surface area contributed by atoms with Crippen molar-refractivity contribution in [3.05, 3.63) is 41.5 Å². The molecule has 0 fully saturated rings. The minimum atomic E-state index is 0.552. The Kier molecular flexibility index (Phi) is 3.41. The van der Waals surface area contributed by atoms with Crippen molar-refractivity contribution in [2.75, 3.05) is 0 Å². The highest BCUT2D eigenvalue weighted by atomic mass is 16.1. The first kappa shape index (κ1) is 9.68.